The number of benzene rings is 1. The molecule has 0 aliphatic heterocycles. The summed E-state index contributed by atoms with van der Waals surface area (Å²) in [6.07, 6.45) is -4.74. The maximum absolute atomic E-state index is 12.5. The van der Waals surface area contributed by atoms with Gasteiger partial charge < -0.3 is 5.11 Å². The summed E-state index contributed by atoms with van der Waals surface area (Å²) in [5, 5.41) is 7.90. The van der Waals surface area contributed by atoms with Gasteiger partial charge in [0.05, 0.1) is 22.1 Å². The minimum Gasteiger partial charge on any atom is -0.395 e. The van der Waals surface area contributed by atoms with Crippen LogP contribution in [0.2, 0.25) is 5.02 Å². The minimum absolute atomic E-state index is 0.285. The topological polar surface area (TPSA) is 66.4 Å². The molecule has 0 saturated heterocycles. The number of halogens is 4. The van der Waals surface area contributed by atoms with Crippen molar-refractivity contribution in [2.45, 2.75) is 11.1 Å². The van der Waals surface area contributed by atoms with Crippen molar-refractivity contribution < 1.29 is 26.7 Å². The summed E-state index contributed by atoms with van der Waals surface area (Å²) in [7, 11) is -4.09. The lowest BCUT2D eigenvalue weighted by Crippen LogP contribution is -2.27. The summed E-state index contributed by atoms with van der Waals surface area (Å²) in [5.74, 6) is 0. The van der Waals surface area contributed by atoms with Crippen LogP contribution < -0.4 is 4.72 Å². The van der Waals surface area contributed by atoms with Crippen LogP contribution in [0.3, 0.4) is 0 Å². The van der Waals surface area contributed by atoms with E-state index in [1.165, 1.54) is 0 Å². The zero-order valence-corrected chi connectivity index (χ0v) is 10.4. The van der Waals surface area contributed by atoms with Gasteiger partial charge in [-0.15, -0.1) is 0 Å². The van der Waals surface area contributed by atoms with Crippen molar-refractivity contribution in [1.29, 1.82) is 0 Å². The number of sulfonamides is 1. The molecular weight excluding hydrogens is 295 g/mol. The third-order valence-electron chi connectivity index (χ3n) is 1.96. The van der Waals surface area contributed by atoms with Gasteiger partial charge >= 0.3 is 6.18 Å². The lowest BCUT2D eigenvalue weighted by atomic mass is 10.2. The molecule has 0 atom stereocenters. The van der Waals surface area contributed by atoms with Gasteiger partial charge in [0.2, 0.25) is 10.0 Å². The van der Waals surface area contributed by atoms with Crippen LogP contribution >= 0.6 is 11.6 Å². The van der Waals surface area contributed by atoms with Crippen molar-refractivity contribution >= 4 is 21.6 Å². The Kier molecular flexibility index (Phi) is 4.60. The van der Waals surface area contributed by atoms with Gasteiger partial charge in [-0.3, -0.25) is 0 Å². The second-order valence-electron chi connectivity index (χ2n) is 3.26. The summed E-state index contributed by atoms with van der Waals surface area (Å²) in [6, 6.07) is 2.26. The lowest BCUT2D eigenvalue weighted by molar-refractivity contribution is -0.137. The first-order valence-corrected chi connectivity index (χ1v) is 6.52. The fourth-order valence-corrected chi connectivity index (χ4v) is 2.42. The van der Waals surface area contributed by atoms with E-state index in [0.717, 1.165) is 12.1 Å². The molecule has 0 aliphatic carbocycles. The van der Waals surface area contributed by atoms with E-state index in [-0.39, 0.29) is 6.54 Å². The first-order valence-electron chi connectivity index (χ1n) is 4.66. The summed E-state index contributed by atoms with van der Waals surface area (Å²) in [6.45, 7) is -0.745. The standard InChI is InChI=1S/C9H9ClF3NO3S/c10-8-2-1-6(5-7(8)9(11,12)13)18(16,17)14-3-4-15/h1-2,5,14-15H,3-4H2. The highest BCUT2D eigenvalue weighted by molar-refractivity contribution is 7.89. The number of alkyl halides is 3. The average molecular weight is 304 g/mol. The van der Waals surface area contributed by atoms with Gasteiger partial charge in [0.15, 0.2) is 0 Å². The predicted octanol–water partition coefficient (Wildman–Crippen LogP) is 1.63. The summed E-state index contributed by atoms with van der Waals surface area (Å²) in [5.41, 5.74) is -1.23. The quantitative estimate of drug-likeness (QED) is 0.888. The van der Waals surface area contributed by atoms with E-state index in [9.17, 15) is 21.6 Å². The van der Waals surface area contributed by atoms with Crippen LogP contribution in [0.5, 0.6) is 0 Å². The molecule has 0 heterocycles. The van der Waals surface area contributed by atoms with Gasteiger partial charge in [-0.25, -0.2) is 13.1 Å². The summed E-state index contributed by atoms with van der Waals surface area (Å²) < 4.78 is 62.6. The van der Waals surface area contributed by atoms with Crippen LogP contribution in [-0.4, -0.2) is 26.7 Å². The molecule has 4 nitrogen and oxygen atoms in total. The number of aliphatic hydroxyl groups excluding tert-OH is 1. The van der Waals surface area contributed by atoms with Gasteiger partial charge in [0, 0.05) is 6.54 Å². The number of aliphatic hydroxyl groups is 1. The van der Waals surface area contributed by atoms with Crippen molar-refractivity contribution in [2.24, 2.45) is 0 Å². The van der Waals surface area contributed by atoms with E-state index >= 15 is 0 Å². The second-order valence-corrected chi connectivity index (χ2v) is 5.43. The SMILES string of the molecule is O=S(=O)(NCCO)c1ccc(Cl)c(C(F)(F)F)c1. The van der Waals surface area contributed by atoms with Crippen molar-refractivity contribution in [1.82, 2.24) is 4.72 Å². The summed E-state index contributed by atoms with van der Waals surface area (Å²) in [4.78, 5) is -0.562. The second kappa shape index (κ2) is 5.43. The Hall–Kier alpha value is -0.830. The molecule has 0 bridgehead atoms. The predicted molar refractivity (Wildman–Crippen MR) is 58.7 cm³/mol. The number of hydrogen-bond donors (Lipinski definition) is 2. The molecule has 0 radical (unpaired) electrons. The third kappa shape index (κ3) is 3.58. The molecule has 0 fully saturated rings. The van der Waals surface area contributed by atoms with E-state index in [0.29, 0.717) is 6.07 Å². The number of hydrogen-bond acceptors (Lipinski definition) is 3. The monoisotopic (exact) mass is 303 g/mol. The zero-order chi connectivity index (χ0) is 14.0. The highest BCUT2D eigenvalue weighted by Gasteiger charge is 2.34. The van der Waals surface area contributed by atoms with E-state index in [4.69, 9.17) is 16.7 Å². The lowest BCUT2D eigenvalue weighted by Gasteiger charge is -2.11. The zero-order valence-electron chi connectivity index (χ0n) is 8.83. The van der Waals surface area contributed by atoms with Crippen LogP contribution in [0.1, 0.15) is 5.56 Å². The minimum atomic E-state index is -4.74. The van der Waals surface area contributed by atoms with Crippen LogP contribution in [0, 0.1) is 0 Å². The maximum atomic E-state index is 12.5. The molecule has 1 aromatic carbocycles. The van der Waals surface area contributed by atoms with Crippen molar-refractivity contribution in [2.75, 3.05) is 13.2 Å². The molecule has 102 valence electrons. The fourth-order valence-electron chi connectivity index (χ4n) is 1.15. The Morgan fingerprint density at radius 2 is 1.94 bits per heavy atom. The molecular formula is C9H9ClF3NO3S. The number of nitrogens with one attached hydrogen (secondary N) is 1. The Morgan fingerprint density at radius 1 is 1.33 bits per heavy atom. The Labute approximate surface area is 106 Å². The maximum Gasteiger partial charge on any atom is 0.417 e. The Morgan fingerprint density at radius 3 is 2.44 bits per heavy atom. The molecule has 1 rings (SSSR count). The van der Waals surface area contributed by atoms with Gasteiger partial charge in [0.25, 0.3) is 0 Å². The van der Waals surface area contributed by atoms with Gasteiger partial charge in [-0.2, -0.15) is 13.2 Å². The van der Waals surface area contributed by atoms with Gasteiger partial charge in [-0.1, -0.05) is 11.6 Å². The molecule has 0 aliphatic rings. The molecule has 18 heavy (non-hydrogen) atoms. The van der Waals surface area contributed by atoms with E-state index in [1.807, 2.05) is 4.72 Å². The highest BCUT2D eigenvalue weighted by Crippen LogP contribution is 2.35. The van der Waals surface area contributed by atoms with Crippen molar-refractivity contribution in [3.8, 4) is 0 Å². The van der Waals surface area contributed by atoms with Crippen LogP contribution in [0.25, 0.3) is 0 Å². The highest BCUT2D eigenvalue weighted by atomic mass is 35.5. The molecule has 0 amide bonds. The average Bonchev–Trinajstić information content (AvgIpc) is 2.25. The molecule has 9 heteroatoms. The fraction of sp³-hybridized carbons (Fsp3) is 0.333. The molecule has 1 aromatic rings. The molecule has 2 N–H and O–H groups in total. The number of rotatable bonds is 4. The van der Waals surface area contributed by atoms with E-state index in [2.05, 4.69) is 0 Å². The normalized spacial score (nSPS) is 12.7. The van der Waals surface area contributed by atoms with Crippen molar-refractivity contribution in [3.63, 3.8) is 0 Å². The first kappa shape index (κ1) is 15.2. The largest absolute Gasteiger partial charge is 0.417 e. The van der Waals surface area contributed by atoms with E-state index < -0.39 is 38.3 Å². The first-order chi connectivity index (χ1) is 8.18. The van der Waals surface area contributed by atoms with Crippen LogP contribution in [0.15, 0.2) is 23.1 Å². The molecule has 0 saturated carbocycles. The van der Waals surface area contributed by atoms with Crippen LogP contribution in [-0.2, 0) is 16.2 Å². The van der Waals surface area contributed by atoms with Gasteiger partial charge in [0.1, 0.15) is 0 Å². The molecule has 0 spiro atoms. The third-order valence-corrected chi connectivity index (χ3v) is 3.75. The van der Waals surface area contributed by atoms with Gasteiger partial charge in [-0.05, 0) is 18.2 Å². The van der Waals surface area contributed by atoms with Crippen LogP contribution in [0.4, 0.5) is 13.2 Å². The molecule has 0 aromatic heterocycles. The Balaban J connectivity index is 3.21. The molecule has 0 unspecified atom stereocenters. The Bertz CT molecular complexity index is 530. The summed E-state index contributed by atoms with van der Waals surface area (Å²) >= 11 is 5.36. The van der Waals surface area contributed by atoms with Crippen molar-refractivity contribution in [3.05, 3.63) is 28.8 Å². The smallest absolute Gasteiger partial charge is 0.395 e. The van der Waals surface area contributed by atoms with E-state index in [1.54, 1.807) is 0 Å².